The maximum Gasteiger partial charge on any atom is 0.311 e. The summed E-state index contributed by atoms with van der Waals surface area (Å²) in [5.74, 6) is -0.895. The minimum atomic E-state index is -0.519. The van der Waals surface area contributed by atoms with Gasteiger partial charge in [-0.3, -0.25) is 9.59 Å². The van der Waals surface area contributed by atoms with Crippen LogP contribution in [0.3, 0.4) is 0 Å². The van der Waals surface area contributed by atoms with Gasteiger partial charge in [-0.15, -0.1) is 0 Å². The van der Waals surface area contributed by atoms with Crippen LogP contribution in [0.5, 0.6) is 0 Å². The van der Waals surface area contributed by atoms with Crippen LogP contribution in [-0.4, -0.2) is 23.5 Å². The van der Waals surface area contributed by atoms with E-state index in [2.05, 4.69) is 5.32 Å². The van der Waals surface area contributed by atoms with E-state index in [1.807, 2.05) is 26.8 Å². The second-order valence-corrected chi connectivity index (χ2v) is 5.95. The molecule has 1 amide bonds. The van der Waals surface area contributed by atoms with Crippen LogP contribution in [0.1, 0.15) is 45.0 Å². The van der Waals surface area contributed by atoms with Crippen molar-refractivity contribution in [3.8, 4) is 0 Å². The largest absolute Gasteiger partial charge is 0.460 e. The highest BCUT2D eigenvalue weighted by Gasteiger charge is 2.27. The number of carbonyl (C=O) groups is 2. The van der Waals surface area contributed by atoms with E-state index in [0.717, 1.165) is 0 Å². The van der Waals surface area contributed by atoms with E-state index in [1.165, 1.54) is 0 Å². The Morgan fingerprint density at radius 1 is 1.10 bits per heavy atom. The summed E-state index contributed by atoms with van der Waals surface area (Å²) in [7, 11) is 0. The molecule has 1 N–H and O–H groups in total. The molecule has 0 saturated carbocycles. The molecule has 0 radical (unpaired) electrons. The molecule has 4 heteroatoms. The lowest BCUT2D eigenvalue weighted by Gasteiger charge is -2.25. The van der Waals surface area contributed by atoms with E-state index < -0.39 is 11.5 Å². The van der Waals surface area contributed by atoms with E-state index in [-0.39, 0.29) is 17.9 Å². The molecule has 0 aliphatic rings. The maximum atomic E-state index is 12.0. The summed E-state index contributed by atoms with van der Waals surface area (Å²) in [6.07, 6.45) is 0. The second-order valence-electron chi connectivity index (χ2n) is 5.95. The monoisotopic (exact) mass is 277 g/mol. The van der Waals surface area contributed by atoms with Crippen LogP contribution in [0.2, 0.25) is 0 Å². The van der Waals surface area contributed by atoms with Crippen molar-refractivity contribution in [3.05, 3.63) is 35.9 Å². The average molecular weight is 277 g/mol. The molecule has 0 aliphatic heterocycles. The van der Waals surface area contributed by atoms with Crippen molar-refractivity contribution >= 4 is 11.9 Å². The lowest BCUT2D eigenvalue weighted by Crippen LogP contribution is -2.42. The number of amides is 1. The summed E-state index contributed by atoms with van der Waals surface area (Å²) >= 11 is 0. The van der Waals surface area contributed by atoms with Gasteiger partial charge in [-0.25, -0.2) is 0 Å². The SMILES string of the molecule is C[C@@H](NC(=O)c1ccccc1)[C@@H](C)C(=O)OC(C)(C)C. The van der Waals surface area contributed by atoms with Crippen molar-refractivity contribution in [2.75, 3.05) is 0 Å². The molecule has 20 heavy (non-hydrogen) atoms. The molecule has 0 bridgehead atoms. The summed E-state index contributed by atoms with van der Waals surface area (Å²) in [5.41, 5.74) is 0.0600. The van der Waals surface area contributed by atoms with E-state index in [4.69, 9.17) is 4.74 Å². The number of hydrogen-bond donors (Lipinski definition) is 1. The number of hydrogen-bond acceptors (Lipinski definition) is 3. The molecular formula is C16H23NO3. The Bertz CT molecular complexity index is 462. The Hall–Kier alpha value is -1.84. The highest BCUT2D eigenvalue weighted by Crippen LogP contribution is 2.14. The first-order valence-electron chi connectivity index (χ1n) is 6.79. The fraction of sp³-hybridized carbons (Fsp3) is 0.500. The van der Waals surface area contributed by atoms with Gasteiger partial charge in [0.1, 0.15) is 5.60 Å². The molecule has 0 unspecified atom stereocenters. The van der Waals surface area contributed by atoms with Crippen LogP contribution in [0.25, 0.3) is 0 Å². The topological polar surface area (TPSA) is 55.4 Å². The first kappa shape index (κ1) is 16.2. The van der Waals surface area contributed by atoms with E-state index in [1.54, 1.807) is 38.1 Å². The zero-order chi connectivity index (χ0) is 15.3. The molecule has 0 aromatic heterocycles. The third-order valence-electron chi connectivity index (χ3n) is 2.92. The lowest BCUT2D eigenvalue weighted by atomic mass is 10.0. The number of benzene rings is 1. The van der Waals surface area contributed by atoms with Crippen LogP contribution < -0.4 is 5.32 Å². The zero-order valence-corrected chi connectivity index (χ0v) is 12.8. The minimum absolute atomic E-state index is 0.187. The first-order valence-corrected chi connectivity index (χ1v) is 6.79. The molecule has 0 heterocycles. The highest BCUT2D eigenvalue weighted by atomic mass is 16.6. The van der Waals surface area contributed by atoms with Crippen LogP contribution in [-0.2, 0) is 9.53 Å². The predicted octanol–water partition coefficient (Wildman–Crippen LogP) is 2.78. The average Bonchev–Trinajstić information content (AvgIpc) is 2.36. The number of nitrogens with one attached hydrogen (secondary N) is 1. The number of esters is 1. The van der Waals surface area contributed by atoms with E-state index in [0.29, 0.717) is 5.56 Å². The Labute approximate surface area is 120 Å². The third-order valence-corrected chi connectivity index (χ3v) is 2.92. The van der Waals surface area contributed by atoms with Gasteiger partial charge in [-0.1, -0.05) is 18.2 Å². The molecule has 1 aromatic rings. The van der Waals surface area contributed by atoms with Crippen LogP contribution in [0, 0.1) is 5.92 Å². The number of carbonyl (C=O) groups excluding carboxylic acids is 2. The number of rotatable bonds is 4. The molecule has 0 spiro atoms. The van der Waals surface area contributed by atoms with Gasteiger partial charge in [0.05, 0.1) is 5.92 Å². The normalized spacial score (nSPS) is 14.2. The third kappa shape index (κ3) is 5.03. The van der Waals surface area contributed by atoms with Gasteiger partial charge in [0, 0.05) is 11.6 Å². The molecule has 110 valence electrons. The molecule has 4 nitrogen and oxygen atoms in total. The zero-order valence-electron chi connectivity index (χ0n) is 12.8. The summed E-state index contributed by atoms with van der Waals surface area (Å²) in [6, 6.07) is 8.63. The Morgan fingerprint density at radius 3 is 2.15 bits per heavy atom. The molecular weight excluding hydrogens is 254 g/mol. The van der Waals surface area contributed by atoms with E-state index >= 15 is 0 Å². The van der Waals surface area contributed by atoms with Crippen LogP contribution >= 0.6 is 0 Å². The Morgan fingerprint density at radius 2 is 1.65 bits per heavy atom. The Kier molecular flexibility index (Phi) is 5.31. The van der Waals surface area contributed by atoms with Crippen molar-refractivity contribution < 1.29 is 14.3 Å². The highest BCUT2D eigenvalue weighted by molar-refractivity contribution is 5.94. The fourth-order valence-corrected chi connectivity index (χ4v) is 1.60. The molecule has 1 rings (SSSR count). The molecule has 1 aromatic carbocycles. The quantitative estimate of drug-likeness (QED) is 0.861. The number of ether oxygens (including phenoxy) is 1. The molecule has 0 saturated heterocycles. The summed E-state index contributed by atoms with van der Waals surface area (Å²) < 4.78 is 5.32. The van der Waals surface area contributed by atoms with Crippen LogP contribution in [0.4, 0.5) is 0 Å². The van der Waals surface area contributed by atoms with Gasteiger partial charge in [-0.05, 0) is 46.8 Å². The van der Waals surface area contributed by atoms with Gasteiger partial charge in [0.15, 0.2) is 0 Å². The van der Waals surface area contributed by atoms with Gasteiger partial charge in [0.2, 0.25) is 0 Å². The molecule has 0 aliphatic carbocycles. The second kappa shape index (κ2) is 6.55. The van der Waals surface area contributed by atoms with Crippen LogP contribution in [0.15, 0.2) is 30.3 Å². The van der Waals surface area contributed by atoms with Gasteiger partial charge in [0.25, 0.3) is 5.91 Å². The minimum Gasteiger partial charge on any atom is -0.460 e. The van der Waals surface area contributed by atoms with Gasteiger partial charge >= 0.3 is 5.97 Å². The van der Waals surface area contributed by atoms with Gasteiger partial charge < -0.3 is 10.1 Å². The van der Waals surface area contributed by atoms with Crippen molar-refractivity contribution in [3.63, 3.8) is 0 Å². The fourth-order valence-electron chi connectivity index (χ4n) is 1.60. The van der Waals surface area contributed by atoms with Gasteiger partial charge in [-0.2, -0.15) is 0 Å². The lowest BCUT2D eigenvalue weighted by molar-refractivity contribution is -0.160. The summed E-state index contributed by atoms with van der Waals surface area (Å²) in [4.78, 5) is 23.9. The van der Waals surface area contributed by atoms with Crippen molar-refractivity contribution in [1.82, 2.24) is 5.32 Å². The smallest absolute Gasteiger partial charge is 0.311 e. The first-order chi connectivity index (χ1) is 9.20. The summed E-state index contributed by atoms with van der Waals surface area (Å²) in [6.45, 7) is 9.03. The van der Waals surface area contributed by atoms with Crippen molar-refractivity contribution in [2.24, 2.45) is 5.92 Å². The molecule has 0 fully saturated rings. The maximum absolute atomic E-state index is 12.0. The molecule has 2 atom stereocenters. The predicted molar refractivity (Wildman–Crippen MR) is 78.4 cm³/mol. The summed E-state index contributed by atoms with van der Waals surface area (Å²) in [5, 5.41) is 2.82. The van der Waals surface area contributed by atoms with Crippen molar-refractivity contribution in [2.45, 2.75) is 46.3 Å². The Balaban J connectivity index is 2.60. The van der Waals surface area contributed by atoms with Crippen molar-refractivity contribution in [1.29, 1.82) is 0 Å². The standard InChI is InChI=1S/C16H23NO3/c1-11(15(19)20-16(3,4)5)12(2)17-14(18)13-9-7-6-8-10-13/h6-12H,1-5H3,(H,17,18)/t11-,12-/m1/s1. The van der Waals surface area contributed by atoms with E-state index in [9.17, 15) is 9.59 Å².